The summed E-state index contributed by atoms with van der Waals surface area (Å²) in [7, 11) is 0. The molecule has 1 rings (SSSR count). The molecule has 3 N–H and O–H groups in total. The number of hydrogen-bond acceptors (Lipinski definition) is 4. The van der Waals surface area contributed by atoms with E-state index in [1.165, 1.54) is 31.7 Å². The van der Waals surface area contributed by atoms with Gasteiger partial charge in [-0.1, -0.05) is 50.6 Å². The first-order chi connectivity index (χ1) is 8.65. The van der Waals surface area contributed by atoms with Gasteiger partial charge in [-0.2, -0.15) is 0 Å². The summed E-state index contributed by atoms with van der Waals surface area (Å²) in [5, 5.41) is 9.81. The molecule has 1 aromatic rings. The number of anilines is 1. The highest BCUT2D eigenvalue weighted by Crippen LogP contribution is 2.05. The van der Waals surface area contributed by atoms with Crippen molar-refractivity contribution in [3.63, 3.8) is 0 Å². The highest BCUT2D eigenvalue weighted by Gasteiger charge is 2.00. The normalized spacial score (nSPS) is 12.0. The van der Waals surface area contributed by atoms with Crippen molar-refractivity contribution in [3.8, 4) is 0 Å². The molecule has 0 aliphatic heterocycles. The van der Waals surface area contributed by atoms with Crippen LogP contribution in [-0.2, 0) is 0 Å². The first-order valence-corrected chi connectivity index (χ1v) is 6.77. The van der Waals surface area contributed by atoms with E-state index in [1.54, 1.807) is 0 Å². The Labute approximate surface area is 112 Å². The van der Waals surface area contributed by atoms with Gasteiger partial charge in [0.2, 0.25) is 5.95 Å². The summed E-state index contributed by atoms with van der Waals surface area (Å²) in [4.78, 5) is 7.96. The molecule has 0 saturated carbocycles. The second-order valence-corrected chi connectivity index (χ2v) is 4.64. The second-order valence-electron chi connectivity index (χ2n) is 4.26. The molecule has 0 bridgehead atoms. The Bertz CT molecular complexity index is 431. The van der Waals surface area contributed by atoms with Crippen molar-refractivity contribution in [3.05, 3.63) is 16.7 Å². The maximum atomic E-state index is 9.57. The maximum Gasteiger partial charge on any atom is 0.237 e. The molecule has 0 amide bonds. The smallest absolute Gasteiger partial charge is 0.237 e. The van der Waals surface area contributed by atoms with Gasteiger partial charge in [0.25, 0.3) is 0 Å². The van der Waals surface area contributed by atoms with Crippen molar-refractivity contribution in [2.45, 2.75) is 45.4 Å². The lowest BCUT2D eigenvalue weighted by Crippen LogP contribution is -2.23. The number of nitrogens with two attached hydrogens (primary N) is 1. The van der Waals surface area contributed by atoms with Crippen LogP contribution < -0.4 is 11.2 Å². The summed E-state index contributed by atoms with van der Waals surface area (Å²) >= 11 is 5.74. The van der Waals surface area contributed by atoms with Gasteiger partial charge in [0.15, 0.2) is 5.49 Å². The van der Waals surface area contributed by atoms with Gasteiger partial charge < -0.3 is 10.9 Å². The summed E-state index contributed by atoms with van der Waals surface area (Å²) in [6.45, 7) is 2.86. The van der Waals surface area contributed by atoms with E-state index in [2.05, 4.69) is 16.9 Å². The zero-order valence-electron chi connectivity index (χ0n) is 10.8. The van der Waals surface area contributed by atoms with Gasteiger partial charge in [0, 0.05) is 12.6 Å². The summed E-state index contributed by atoms with van der Waals surface area (Å²) in [6, 6.07) is 1.50. The van der Waals surface area contributed by atoms with E-state index in [9.17, 15) is 5.21 Å². The van der Waals surface area contributed by atoms with Crippen molar-refractivity contribution in [1.29, 1.82) is 0 Å². The number of rotatable bonds is 7. The van der Waals surface area contributed by atoms with Gasteiger partial charge >= 0.3 is 0 Å². The van der Waals surface area contributed by atoms with Crippen molar-refractivity contribution < 1.29 is 5.21 Å². The molecule has 0 radical (unpaired) electrons. The van der Waals surface area contributed by atoms with E-state index >= 15 is 0 Å². The Morgan fingerprint density at radius 3 is 2.72 bits per heavy atom. The van der Waals surface area contributed by atoms with Crippen molar-refractivity contribution >= 4 is 17.5 Å². The fourth-order valence-electron chi connectivity index (χ4n) is 1.67. The fraction of sp³-hybridized carbons (Fsp3) is 0.667. The van der Waals surface area contributed by atoms with Crippen LogP contribution in [0.1, 0.15) is 45.4 Å². The Balaban J connectivity index is 2.43. The average molecular weight is 273 g/mol. The van der Waals surface area contributed by atoms with Gasteiger partial charge in [-0.25, -0.2) is 4.98 Å². The zero-order chi connectivity index (χ0) is 13.4. The molecule has 0 saturated heterocycles. The van der Waals surface area contributed by atoms with Crippen LogP contribution in [0.4, 0.5) is 5.95 Å². The first-order valence-electron chi connectivity index (χ1n) is 6.40. The van der Waals surface area contributed by atoms with Crippen LogP contribution in [0.5, 0.6) is 0 Å². The van der Waals surface area contributed by atoms with E-state index in [1.807, 2.05) is 0 Å². The Kier molecular flexibility index (Phi) is 6.57. The molecule has 5 nitrogen and oxygen atoms in total. The number of hydrogen-bond donors (Lipinski definition) is 2. The predicted octanol–water partition coefficient (Wildman–Crippen LogP) is 2.62. The lowest BCUT2D eigenvalue weighted by Gasteiger charge is -2.02. The Morgan fingerprint density at radius 2 is 2.00 bits per heavy atom. The third-order valence-corrected chi connectivity index (χ3v) is 2.88. The quantitative estimate of drug-likeness (QED) is 0.455. The van der Waals surface area contributed by atoms with Crippen molar-refractivity contribution in [1.82, 2.24) is 9.71 Å². The van der Waals surface area contributed by atoms with Gasteiger partial charge in [-0.15, -0.1) is 4.73 Å². The minimum Gasteiger partial charge on any atom is -0.423 e. The summed E-state index contributed by atoms with van der Waals surface area (Å²) in [5.74, 6) is -0.0517. The molecule has 0 aliphatic carbocycles. The molecule has 0 fully saturated rings. The standard InChI is InChI=1S/C12H21ClN4O/c1-2-3-4-5-6-7-8-15-11-9-10(13)16-12(14)17(11)18/h9,18H,2-8H2,1H3,(H2,14,16). The Hall–Kier alpha value is -1.23. The van der Waals surface area contributed by atoms with Crippen molar-refractivity contribution in [2.24, 2.45) is 4.99 Å². The van der Waals surface area contributed by atoms with Gasteiger partial charge in [-0.05, 0) is 6.42 Å². The van der Waals surface area contributed by atoms with Crippen LogP contribution in [0.25, 0.3) is 0 Å². The molecule has 1 aromatic heterocycles. The number of halogens is 1. The molecule has 1 heterocycles. The summed E-state index contributed by atoms with van der Waals surface area (Å²) in [6.07, 6.45) is 7.23. The van der Waals surface area contributed by atoms with E-state index in [4.69, 9.17) is 17.3 Å². The fourth-order valence-corrected chi connectivity index (χ4v) is 1.86. The summed E-state index contributed by atoms with van der Waals surface area (Å²) < 4.78 is 0.753. The van der Waals surface area contributed by atoms with Crippen LogP contribution in [-0.4, -0.2) is 21.5 Å². The van der Waals surface area contributed by atoms with E-state index < -0.39 is 0 Å². The second kappa shape index (κ2) is 7.97. The molecular weight excluding hydrogens is 252 g/mol. The van der Waals surface area contributed by atoms with E-state index in [0.717, 1.165) is 17.6 Å². The molecule has 0 atom stereocenters. The van der Waals surface area contributed by atoms with Gasteiger partial charge in [-0.3, -0.25) is 4.99 Å². The van der Waals surface area contributed by atoms with Gasteiger partial charge in [0.05, 0.1) is 0 Å². The SMILES string of the molecule is CCCCCCCCN=c1cc(Cl)nc(N)n1O. The number of nitrogens with zero attached hydrogens (tertiary/aromatic N) is 3. The molecular formula is C12H21ClN4O. The largest absolute Gasteiger partial charge is 0.423 e. The molecule has 0 unspecified atom stereocenters. The van der Waals surface area contributed by atoms with Crippen LogP contribution in [0.15, 0.2) is 11.1 Å². The molecule has 0 aromatic carbocycles. The van der Waals surface area contributed by atoms with E-state index in [-0.39, 0.29) is 11.1 Å². The number of unbranched alkanes of at least 4 members (excludes halogenated alkanes) is 5. The van der Waals surface area contributed by atoms with Crippen LogP contribution in [0, 0.1) is 0 Å². The maximum absolute atomic E-state index is 9.57. The molecule has 102 valence electrons. The number of nitrogen functional groups attached to an aromatic ring is 1. The third kappa shape index (κ3) is 4.96. The first kappa shape index (κ1) is 14.8. The third-order valence-electron chi connectivity index (χ3n) is 2.69. The predicted molar refractivity (Wildman–Crippen MR) is 72.6 cm³/mol. The highest BCUT2D eigenvalue weighted by molar-refractivity contribution is 6.29. The molecule has 0 spiro atoms. The highest BCUT2D eigenvalue weighted by atomic mass is 35.5. The van der Waals surface area contributed by atoms with Gasteiger partial charge in [0.1, 0.15) is 5.15 Å². The monoisotopic (exact) mass is 272 g/mol. The molecule has 6 heteroatoms. The van der Waals surface area contributed by atoms with Crippen LogP contribution >= 0.6 is 11.6 Å². The topological polar surface area (TPSA) is 76.4 Å². The zero-order valence-corrected chi connectivity index (χ0v) is 11.5. The minimum absolute atomic E-state index is 0.0517. The van der Waals surface area contributed by atoms with Crippen LogP contribution in [0.3, 0.4) is 0 Å². The Morgan fingerprint density at radius 1 is 1.33 bits per heavy atom. The van der Waals surface area contributed by atoms with E-state index in [0.29, 0.717) is 12.0 Å². The number of aromatic nitrogens is 2. The van der Waals surface area contributed by atoms with Crippen molar-refractivity contribution in [2.75, 3.05) is 12.3 Å². The minimum atomic E-state index is -0.0517. The van der Waals surface area contributed by atoms with Crippen LogP contribution in [0.2, 0.25) is 5.15 Å². The lowest BCUT2D eigenvalue weighted by molar-refractivity contribution is 0.175. The molecule has 18 heavy (non-hydrogen) atoms. The molecule has 0 aliphatic rings. The lowest BCUT2D eigenvalue weighted by atomic mass is 10.1. The summed E-state index contributed by atoms with van der Waals surface area (Å²) in [5.41, 5.74) is 5.81. The average Bonchev–Trinajstić information content (AvgIpc) is 2.33.